The standard InChI is InChI=1S/C19H29NO2/c1-17(2,3)12-18(4,5)15-11-19(21)13-9-7-8-10-14(13)20(6)16(19)22-15/h7-10,15-16,21H,11-12H2,1-6H3. The van der Waals surface area contributed by atoms with Crippen molar-refractivity contribution in [3.63, 3.8) is 0 Å². The highest BCUT2D eigenvalue weighted by Gasteiger charge is 2.58. The first-order valence-electron chi connectivity index (χ1n) is 8.25. The molecule has 0 spiro atoms. The van der Waals surface area contributed by atoms with Crippen molar-refractivity contribution < 1.29 is 9.84 Å². The van der Waals surface area contributed by atoms with Gasteiger partial charge in [-0.25, -0.2) is 0 Å². The number of hydrogen-bond acceptors (Lipinski definition) is 3. The number of para-hydroxylation sites is 1. The van der Waals surface area contributed by atoms with Gasteiger partial charge in [0.2, 0.25) is 0 Å². The first kappa shape index (κ1) is 15.8. The van der Waals surface area contributed by atoms with E-state index in [9.17, 15) is 5.11 Å². The summed E-state index contributed by atoms with van der Waals surface area (Å²) >= 11 is 0. The van der Waals surface area contributed by atoms with Gasteiger partial charge in [0, 0.05) is 24.7 Å². The summed E-state index contributed by atoms with van der Waals surface area (Å²) in [5.41, 5.74) is 1.50. The average Bonchev–Trinajstić information content (AvgIpc) is 2.83. The molecule has 0 aliphatic carbocycles. The normalized spacial score (nSPS) is 31.3. The molecule has 22 heavy (non-hydrogen) atoms. The van der Waals surface area contributed by atoms with E-state index in [1.807, 2.05) is 25.2 Å². The molecule has 1 saturated heterocycles. The average molecular weight is 303 g/mol. The zero-order chi connectivity index (χ0) is 16.3. The minimum Gasteiger partial charge on any atom is -0.380 e. The molecule has 1 aromatic rings. The topological polar surface area (TPSA) is 32.7 Å². The smallest absolute Gasteiger partial charge is 0.163 e. The van der Waals surface area contributed by atoms with Crippen molar-refractivity contribution in [3.8, 4) is 0 Å². The van der Waals surface area contributed by atoms with Gasteiger partial charge in [-0.15, -0.1) is 0 Å². The van der Waals surface area contributed by atoms with Crippen LogP contribution in [0.15, 0.2) is 24.3 Å². The number of hydrogen-bond donors (Lipinski definition) is 1. The van der Waals surface area contributed by atoms with Crippen LogP contribution >= 0.6 is 0 Å². The van der Waals surface area contributed by atoms with Crippen LogP contribution in [0, 0.1) is 10.8 Å². The Balaban J connectivity index is 1.90. The van der Waals surface area contributed by atoms with Crippen molar-refractivity contribution in [1.29, 1.82) is 0 Å². The third-order valence-corrected chi connectivity index (χ3v) is 5.16. The summed E-state index contributed by atoms with van der Waals surface area (Å²) < 4.78 is 6.37. The Morgan fingerprint density at radius 3 is 2.50 bits per heavy atom. The molecule has 3 heteroatoms. The molecular weight excluding hydrogens is 274 g/mol. The number of rotatable bonds is 2. The zero-order valence-electron chi connectivity index (χ0n) is 14.7. The van der Waals surface area contributed by atoms with E-state index in [-0.39, 0.29) is 23.2 Å². The van der Waals surface area contributed by atoms with Crippen molar-refractivity contribution in [2.24, 2.45) is 10.8 Å². The molecule has 0 bridgehead atoms. The lowest BCUT2D eigenvalue weighted by molar-refractivity contribution is -0.0651. The number of nitrogens with zero attached hydrogens (tertiary/aromatic N) is 1. The Labute approximate surface area is 134 Å². The van der Waals surface area contributed by atoms with Gasteiger partial charge in [0.1, 0.15) is 5.60 Å². The van der Waals surface area contributed by atoms with Gasteiger partial charge in [-0.05, 0) is 23.3 Å². The van der Waals surface area contributed by atoms with Crippen molar-refractivity contribution >= 4 is 5.69 Å². The van der Waals surface area contributed by atoms with Crippen LogP contribution in [-0.4, -0.2) is 24.5 Å². The molecule has 2 aliphatic heterocycles. The number of ether oxygens (including phenoxy) is 1. The van der Waals surface area contributed by atoms with Crippen LogP contribution in [0.4, 0.5) is 5.69 Å². The van der Waals surface area contributed by atoms with Gasteiger partial charge >= 0.3 is 0 Å². The predicted octanol–water partition coefficient (Wildman–Crippen LogP) is 3.90. The number of likely N-dealkylation sites (N-methyl/N-ethyl adjacent to an activating group) is 1. The Morgan fingerprint density at radius 1 is 1.23 bits per heavy atom. The second-order valence-corrected chi connectivity index (χ2v) is 8.96. The second-order valence-electron chi connectivity index (χ2n) is 8.96. The largest absolute Gasteiger partial charge is 0.380 e. The van der Waals surface area contributed by atoms with Crippen LogP contribution in [0.3, 0.4) is 0 Å². The fourth-order valence-corrected chi connectivity index (χ4v) is 4.57. The minimum atomic E-state index is -0.884. The summed E-state index contributed by atoms with van der Waals surface area (Å²) in [5, 5.41) is 11.3. The first-order valence-corrected chi connectivity index (χ1v) is 8.25. The van der Waals surface area contributed by atoms with E-state index in [1.165, 1.54) is 0 Å². The molecule has 1 N–H and O–H groups in total. The highest BCUT2D eigenvalue weighted by Crippen LogP contribution is 2.54. The van der Waals surface area contributed by atoms with Crippen molar-refractivity contribution in [2.75, 3.05) is 11.9 Å². The van der Waals surface area contributed by atoms with Crippen LogP contribution in [0.2, 0.25) is 0 Å². The Bertz CT molecular complexity index is 575. The van der Waals surface area contributed by atoms with Gasteiger partial charge in [-0.1, -0.05) is 52.8 Å². The summed E-state index contributed by atoms with van der Waals surface area (Å²) in [4.78, 5) is 2.09. The van der Waals surface area contributed by atoms with E-state index >= 15 is 0 Å². The van der Waals surface area contributed by atoms with E-state index in [1.54, 1.807) is 0 Å². The van der Waals surface area contributed by atoms with E-state index in [2.05, 4.69) is 45.6 Å². The maximum Gasteiger partial charge on any atom is 0.163 e. The number of fused-ring (bicyclic) bond motifs is 3. The zero-order valence-corrected chi connectivity index (χ0v) is 14.7. The molecule has 2 aliphatic rings. The van der Waals surface area contributed by atoms with E-state index in [0.717, 1.165) is 17.7 Å². The Hall–Kier alpha value is -1.06. The molecular formula is C19H29NO2. The van der Waals surface area contributed by atoms with Crippen molar-refractivity contribution in [2.45, 2.75) is 65.4 Å². The molecule has 2 heterocycles. The summed E-state index contributed by atoms with van der Waals surface area (Å²) in [5.74, 6) is 0. The molecule has 3 unspecified atom stereocenters. The van der Waals surface area contributed by atoms with Crippen molar-refractivity contribution in [3.05, 3.63) is 29.8 Å². The van der Waals surface area contributed by atoms with Crippen LogP contribution in [0.5, 0.6) is 0 Å². The fourth-order valence-electron chi connectivity index (χ4n) is 4.57. The lowest BCUT2D eigenvalue weighted by Gasteiger charge is -2.37. The van der Waals surface area contributed by atoms with Crippen LogP contribution in [0.1, 0.15) is 53.0 Å². The number of aliphatic hydroxyl groups is 1. The molecule has 1 fully saturated rings. The van der Waals surface area contributed by atoms with E-state index in [0.29, 0.717) is 6.42 Å². The van der Waals surface area contributed by atoms with Gasteiger partial charge in [0.25, 0.3) is 0 Å². The monoisotopic (exact) mass is 303 g/mol. The molecule has 0 radical (unpaired) electrons. The van der Waals surface area contributed by atoms with Gasteiger partial charge in [-0.3, -0.25) is 0 Å². The number of benzene rings is 1. The van der Waals surface area contributed by atoms with E-state index in [4.69, 9.17) is 4.74 Å². The fraction of sp³-hybridized carbons (Fsp3) is 0.684. The Kier molecular flexibility index (Phi) is 3.39. The molecule has 1 aromatic carbocycles. The lowest BCUT2D eigenvalue weighted by Crippen LogP contribution is -2.39. The van der Waals surface area contributed by atoms with Crippen LogP contribution in [-0.2, 0) is 10.3 Å². The van der Waals surface area contributed by atoms with Crippen molar-refractivity contribution in [1.82, 2.24) is 0 Å². The van der Waals surface area contributed by atoms with Gasteiger partial charge in [0.15, 0.2) is 6.23 Å². The lowest BCUT2D eigenvalue weighted by atomic mass is 9.71. The summed E-state index contributed by atoms with van der Waals surface area (Å²) in [6.45, 7) is 11.3. The maximum absolute atomic E-state index is 11.3. The highest BCUT2D eigenvalue weighted by atomic mass is 16.5. The minimum absolute atomic E-state index is 0.0358. The third-order valence-electron chi connectivity index (χ3n) is 5.16. The van der Waals surface area contributed by atoms with Crippen LogP contribution < -0.4 is 4.90 Å². The van der Waals surface area contributed by atoms with E-state index < -0.39 is 5.60 Å². The third kappa shape index (κ3) is 2.35. The maximum atomic E-state index is 11.3. The molecule has 0 saturated carbocycles. The van der Waals surface area contributed by atoms with Gasteiger partial charge < -0.3 is 14.7 Å². The Morgan fingerprint density at radius 2 is 1.86 bits per heavy atom. The SMILES string of the molecule is CN1c2ccccc2C2(O)CC(C(C)(C)CC(C)(C)C)OC12. The predicted molar refractivity (Wildman–Crippen MR) is 89.9 cm³/mol. The summed E-state index contributed by atoms with van der Waals surface area (Å²) in [6.07, 6.45) is 1.53. The molecule has 122 valence electrons. The second kappa shape index (κ2) is 4.72. The summed E-state index contributed by atoms with van der Waals surface area (Å²) in [7, 11) is 2.01. The van der Waals surface area contributed by atoms with Crippen LogP contribution in [0.25, 0.3) is 0 Å². The number of anilines is 1. The van der Waals surface area contributed by atoms with Gasteiger partial charge in [-0.2, -0.15) is 0 Å². The molecule has 3 rings (SSSR count). The first-order chi connectivity index (χ1) is 10.0. The molecule has 0 amide bonds. The summed E-state index contributed by atoms with van der Waals surface area (Å²) in [6, 6.07) is 8.11. The quantitative estimate of drug-likeness (QED) is 0.899. The molecule has 3 atom stereocenters. The molecule has 3 nitrogen and oxygen atoms in total. The van der Waals surface area contributed by atoms with Gasteiger partial charge in [0.05, 0.1) is 6.10 Å². The highest BCUT2D eigenvalue weighted by molar-refractivity contribution is 5.62. The molecule has 0 aromatic heterocycles.